The van der Waals surface area contributed by atoms with Crippen LogP contribution in [-0.4, -0.2) is 32.8 Å². The molecule has 2 aromatic rings. The maximum atomic E-state index is 15.5. The monoisotopic (exact) mass is 371 g/mol. The van der Waals surface area contributed by atoms with Crippen molar-refractivity contribution >= 4 is 0 Å². The molecule has 2 heterocycles. The SMILES string of the molecule is Cc1ccc(C2CC2COc2nc(C)ncc2C2(F)CCC(O)CC2)nc1. The van der Waals surface area contributed by atoms with Gasteiger partial charge in [0.05, 0.1) is 18.3 Å². The van der Waals surface area contributed by atoms with Crippen molar-refractivity contribution in [2.24, 2.45) is 5.92 Å². The summed E-state index contributed by atoms with van der Waals surface area (Å²) in [4.78, 5) is 13.1. The number of aliphatic hydroxyl groups is 1. The Bertz CT molecular complexity index is 804. The fourth-order valence-corrected chi connectivity index (χ4v) is 3.87. The Balaban J connectivity index is 1.45. The van der Waals surface area contributed by atoms with Crippen molar-refractivity contribution in [1.29, 1.82) is 0 Å². The number of aliphatic hydroxyl groups excluding tert-OH is 1. The van der Waals surface area contributed by atoms with Gasteiger partial charge in [-0.1, -0.05) is 6.07 Å². The fraction of sp³-hybridized carbons (Fsp3) is 0.571. The predicted molar refractivity (Wildman–Crippen MR) is 99.3 cm³/mol. The summed E-state index contributed by atoms with van der Waals surface area (Å²) in [7, 11) is 0. The van der Waals surface area contributed by atoms with E-state index in [1.165, 1.54) is 0 Å². The zero-order valence-corrected chi connectivity index (χ0v) is 15.9. The lowest BCUT2D eigenvalue weighted by atomic mass is 9.81. The third kappa shape index (κ3) is 3.95. The van der Waals surface area contributed by atoms with E-state index in [0.717, 1.165) is 17.7 Å². The molecule has 0 amide bonds. The van der Waals surface area contributed by atoms with Crippen LogP contribution in [0.25, 0.3) is 0 Å². The molecular weight excluding hydrogens is 345 g/mol. The number of pyridine rings is 1. The van der Waals surface area contributed by atoms with Gasteiger partial charge in [-0.2, -0.15) is 4.98 Å². The number of aromatic nitrogens is 3. The van der Waals surface area contributed by atoms with Crippen molar-refractivity contribution in [3.05, 3.63) is 47.2 Å². The van der Waals surface area contributed by atoms with Gasteiger partial charge in [-0.25, -0.2) is 9.37 Å². The summed E-state index contributed by atoms with van der Waals surface area (Å²) in [6.45, 7) is 4.31. The number of nitrogens with zero attached hydrogens (tertiary/aromatic N) is 3. The van der Waals surface area contributed by atoms with E-state index in [0.29, 0.717) is 48.6 Å². The average Bonchev–Trinajstić information content (AvgIpc) is 3.43. The first-order valence-corrected chi connectivity index (χ1v) is 9.71. The highest BCUT2D eigenvalue weighted by atomic mass is 19.1. The second-order valence-electron chi connectivity index (χ2n) is 8.01. The molecule has 2 aromatic heterocycles. The zero-order chi connectivity index (χ0) is 19.0. The molecule has 5 nitrogen and oxygen atoms in total. The molecule has 0 aromatic carbocycles. The van der Waals surface area contributed by atoms with Crippen LogP contribution in [0, 0.1) is 19.8 Å². The Morgan fingerprint density at radius 2 is 1.96 bits per heavy atom. The van der Waals surface area contributed by atoms with Crippen LogP contribution < -0.4 is 4.74 Å². The summed E-state index contributed by atoms with van der Waals surface area (Å²) in [5, 5.41) is 9.71. The van der Waals surface area contributed by atoms with Gasteiger partial charge in [0.2, 0.25) is 5.88 Å². The number of aryl methyl sites for hydroxylation is 2. The normalized spacial score (nSPS) is 30.1. The molecule has 0 bridgehead atoms. The van der Waals surface area contributed by atoms with E-state index in [1.54, 1.807) is 13.1 Å². The van der Waals surface area contributed by atoms with Crippen molar-refractivity contribution in [3.8, 4) is 5.88 Å². The van der Waals surface area contributed by atoms with Crippen LogP contribution in [0.1, 0.15) is 60.7 Å². The highest BCUT2D eigenvalue weighted by molar-refractivity contribution is 5.31. The third-order valence-corrected chi connectivity index (χ3v) is 5.78. The smallest absolute Gasteiger partial charge is 0.223 e. The van der Waals surface area contributed by atoms with E-state index in [2.05, 4.69) is 27.1 Å². The van der Waals surface area contributed by atoms with Crippen molar-refractivity contribution in [3.63, 3.8) is 0 Å². The first-order chi connectivity index (χ1) is 12.9. The highest BCUT2D eigenvalue weighted by Gasteiger charge is 2.42. The Hall–Kier alpha value is -2.08. The van der Waals surface area contributed by atoms with Gasteiger partial charge in [0.1, 0.15) is 11.5 Å². The van der Waals surface area contributed by atoms with Crippen LogP contribution in [0.3, 0.4) is 0 Å². The number of rotatable bonds is 5. The Morgan fingerprint density at radius 1 is 1.19 bits per heavy atom. The van der Waals surface area contributed by atoms with Crippen molar-refractivity contribution in [2.45, 2.75) is 63.6 Å². The second kappa shape index (κ2) is 7.15. The summed E-state index contributed by atoms with van der Waals surface area (Å²) in [6.07, 6.45) is 5.51. The van der Waals surface area contributed by atoms with Crippen LogP contribution in [0.2, 0.25) is 0 Å². The van der Waals surface area contributed by atoms with Gasteiger partial charge in [0, 0.05) is 29.9 Å². The molecule has 144 valence electrons. The number of hydrogen-bond donors (Lipinski definition) is 1. The van der Waals surface area contributed by atoms with Crippen LogP contribution in [0.15, 0.2) is 24.5 Å². The van der Waals surface area contributed by atoms with Crippen molar-refractivity contribution in [1.82, 2.24) is 15.0 Å². The Morgan fingerprint density at radius 3 is 2.67 bits per heavy atom. The van der Waals surface area contributed by atoms with E-state index in [1.807, 2.05) is 13.1 Å². The minimum Gasteiger partial charge on any atom is -0.477 e. The van der Waals surface area contributed by atoms with E-state index < -0.39 is 11.8 Å². The molecule has 0 spiro atoms. The molecule has 27 heavy (non-hydrogen) atoms. The van der Waals surface area contributed by atoms with E-state index in [4.69, 9.17) is 4.74 Å². The minimum absolute atomic E-state index is 0.274. The van der Waals surface area contributed by atoms with Gasteiger partial charge in [0.25, 0.3) is 0 Å². The van der Waals surface area contributed by atoms with E-state index in [-0.39, 0.29) is 12.8 Å². The van der Waals surface area contributed by atoms with Crippen LogP contribution in [0.4, 0.5) is 4.39 Å². The van der Waals surface area contributed by atoms with Crippen LogP contribution in [0.5, 0.6) is 5.88 Å². The summed E-state index contributed by atoms with van der Waals surface area (Å²) < 4.78 is 21.5. The number of alkyl halides is 1. The maximum absolute atomic E-state index is 15.5. The molecule has 2 saturated carbocycles. The second-order valence-corrected chi connectivity index (χ2v) is 8.01. The van der Waals surface area contributed by atoms with Gasteiger partial charge < -0.3 is 9.84 Å². The predicted octanol–water partition coefficient (Wildman–Crippen LogP) is 3.77. The van der Waals surface area contributed by atoms with Gasteiger partial charge in [0.15, 0.2) is 0 Å². The van der Waals surface area contributed by atoms with E-state index >= 15 is 4.39 Å². The number of hydrogen-bond acceptors (Lipinski definition) is 5. The average molecular weight is 371 g/mol. The summed E-state index contributed by atoms with van der Waals surface area (Å²) in [6, 6.07) is 4.15. The summed E-state index contributed by atoms with van der Waals surface area (Å²) in [5.41, 5.74) is 1.14. The minimum atomic E-state index is -1.52. The molecule has 2 fully saturated rings. The van der Waals surface area contributed by atoms with Gasteiger partial charge in [-0.05, 0) is 57.6 Å². The largest absolute Gasteiger partial charge is 0.477 e. The van der Waals surface area contributed by atoms with Gasteiger partial charge in [-0.3, -0.25) is 4.98 Å². The molecule has 0 radical (unpaired) electrons. The lowest BCUT2D eigenvalue weighted by Crippen LogP contribution is -2.30. The molecular formula is C21H26FN3O2. The van der Waals surface area contributed by atoms with E-state index in [9.17, 15) is 5.11 Å². The third-order valence-electron chi connectivity index (χ3n) is 5.78. The molecule has 0 saturated heterocycles. The summed E-state index contributed by atoms with van der Waals surface area (Å²) >= 11 is 0. The maximum Gasteiger partial charge on any atom is 0.223 e. The Labute approximate surface area is 159 Å². The van der Waals surface area contributed by atoms with Gasteiger partial charge in [-0.15, -0.1) is 0 Å². The lowest BCUT2D eigenvalue weighted by Gasteiger charge is -2.32. The molecule has 0 aliphatic heterocycles. The quantitative estimate of drug-likeness (QED) is 0.866. The lowest BCUT2D eigenvalue weighted by molar-refractivity contribution is 0.0285. The fourth-order valence-electron chi connectivity index (χ4n) is 3.87. The molecule has 2 atom stereocenters. The Kier molecular flexibility index (Phi) is 4.84. The molecule has 6 heteroatoms. The zero-order valence-electron chi connectivity index (χ0n) is 15.9. The van der Waals surface area contributed by atoms with Crippen molar-refractivity contribution < 1.29 is 14.2 Å². The van der Waals surface area contributed by atoms with Crippen LogP contribution >= 0.6 is 0 Å². The standard InChI is InChI=1S/C21H26FN3O2/c1-13-3-4-19(24-10-13)17-9-15(17)12-27-20-18(11-23-14(2)25-20)21(22)7-5-16(26)6-8-21/h3-4,10-11,15-17,26H,5-9,12H2,1-2H3. The molecule has 2 aliphatic rings. The molecule has 1 N–H and O–H groups in total. The molecule has 2 aliphatic carbocycles. The van der Waals surface area contributed by atoms with Crippen LogP contribution in [-0.2, 0) is 5.67 Å². The first kappa shape index (κ1) is 18.3. The topological polar surface area (TPSA) is 68.1 Å². The highest BCUT2D eigenvalue weighted by Crippen LogP contribution is 2.48. The van der Waals surface area contributed by atoms with Gasteiger partial charge >= 0.3 is 0 Å². The molecule has 4 rings (SSSR count). The molecule has 2 unspecified atom stereocenters. The number of halogens is 1. The van der Waals surface area contributed by atoms with Crippen molar-refractivity contribution in [2.75, 3.05) is 6.61 Å². The number of ether oxygens (including phenoxy) is 1. The summed E-state index contributed by atoms with van der Waals surface area (Å²) in [5.74, 6) is 1.71. The first-order valence-electron chi connectivity index (χ1n) is 9.71.